The third-order valence-corrected chi connectivity index (χ3v) is 5.32. The van der Waals surface area contributed by atoms with Crippen molar-refractivity contribution >= 4 is 11.8 Å². The predicted octanol–water partition coefficient (Wildman–Crippen LogP) is 3.80. The Morgan fingerprint density at radius 2 is 1.41 bits per heavy atom. The molecule has 0 fully saturated rings. The van der Waals surface area contributed by atoms with E-state index in [9.17, 15) is 9.59 Å². The Morgan fingerprint density at radius 3 is 1.91 bits per heavy atom. The third-order valence-electron chi connectivity index (χ3n) is 5.32. The van der Waals surface area contributed by atoms with Crippen LogP contribution >= 0.6 is 0 Å². The number of methoxy groups -OCH3 is 2. The molecule has 0 bridgehead atoms. The standard InChI is InChI=1S/C25H34N2O5/c1-6-18(3)26-25(29)23(7-2)27(16-19-8-10-20(30-4)11-9-19)24(28)17-32-22-14-12-21(31-5)13-15-22/h8-15,18,23H,6-7,16-17H2,1-5H3,(H,26,29). The molecule has 2 amide bonds. The second kappa shape index (κ2) is 12.6. The van der Waals surface area contributed by atoms with Crippen LogP contribution in [-0.2, 0) is 16.1 Å². The van der Waals surface area contributed by atoms with Gasteiger partial charge in [-0.3, -0.25) is 9.59 Å². The van der Waals surface area contributed by atoms with Gasteiger partial charge in [-0.15, -0.1) is 0 Å². The number of benzene rings is 2. The fourth-order valence-electron chi connectivity index (χ4n) is 3.19. The fourth-order valence-corrected chi connectivity index (χ4v) is 3.19. The molecule has 0 aliphatic carbocycles. The molecule has 1 N–H and O–H groups in total. The van der Waals surface area contributed by atoms with E-state index in [4.69, 9.17) is 14.2 Å². The molecule has 174 valence electrons. The van der Waals surface area contributed by atoms with Crippen molar-refractivity contribution in [2.24, 2.45) is 0 Å². The number of hydrogen-bond acceptors (Lipinski definition) is 5. The van der Waals surface area contributed by atoms with E-state index in [2.05, 4.69) is 5.32 Å². The predicted molar refractivity (Wildman–Crippen MR) is 124 cm³/mol. The normalized spacial score (nSPS) is 12.4. The summed E-state index contributed by atoms with van der Waals surface area (Å²) in [4.78, 5) is 27.7. The van der Waals surface area contributed by atoms with Crippen molar-refractivity contribution in [1.82, 2.24) is 10.2 Å². The van der Waals surface area contributed by atoms with E-state index in [-0.39, 0.29) is 24.5 Å². The molecule has 0 spiro atoms. The van der Waals surface area contributed by atoms with Crippen LogP contribution in [0.2, 0.25) is 0 Å². The Hall–Kier alpha value is -3.22. The Labute approximate surface area is 190 Å². The number of rotatable bonds is 12. The van der Waals surface area contributed by atoms with Crippen molar-refractivity contribution in [2.75, 3.05) is 20.8 Å². The summed E-state index contributed by atoms with van der Waals surface area (Å²) in [5.41, 5.74) is 0.901. The highest BCUT2D eigenvalue weighted by molar-refractivity contribution is 5.88. The quantitative estimate of drug-likeness (QED) is 0.541. The van der Waals surface area contributed by atoms with E-state index in [1.807, 2.05) is 45.0 Å². The molecule has 2 aromatic carbocycles. The van der Waals surface area contributed by atoms with E-state index in [0.717, 1.165) is 17.7 Å². The molecule has 0 radical (unpaired) electrons. The minimum Gasteiger partial charge on any atom is -0.497 e. The summed E-state index contributed by atoms with van der Waals surface area (Å²) in [7, 11) is 3.19. The zero-order chi connectivity index (χ0) is 23.5. The van der Waals surface area contributed by atoms with Gasteiger partial charge >= 0.3 is 0 Å². The van der Waals surface area contributed by atoms with E-state index in [1.54, 1.807) is 43.4 Å². The number of nitrogens with zero attached hydrogens (tertiary/aromatic N) is 1. The lowest BCUT2D eigenvalue weighted by molar-refractivity contribution is -0.143. The minimum atomic E-state index is -0.599. The van der Waals surface area contributed by atoms with Crippen LogP contribution in [0.15, 0.2) is 48.5 Å². The van der Waals surface area contributed by atoms with E-state index >= 15 is 0 Å². The van der Waals surface area contributed by atoms with Gasteiger partial charge in [0.15, 0.2) is 6.61 Å². The lowest BCUT2D eigenvalue weighted by Gasteiger charge is -2.31. The first-order chi connectivity index (χ1) is 15.4. The van der Waals surface area contributed by atoms with Crippen LogP contribution < -0.4 is 19.5 Å². The largest absolute Gasteiger partial charge is 0.497 e. The molecule has 0 heterocycles. The summed E-state index contributed by atoms with van der Waals surface area (Å²) in [6.45, 7) is 5.98. The van der Waals surface area contributed by atoms with E-state index < -0.39 is 6.04 Å². The number of amides is 2. The number of nitrogens with one attached hydrogen (secondary N) is 1. The maximum atomic E-state index is 13.2. The van der Waals surface area contributed by atoms with Gasteiger partial charge in [0.2, 0.25) is 5.91 Å². The molecule has 2 aromatic rings. The van der Waals surface area contributed by atoms with Crippen molar-refractivity contribution in [3.8, 4) is 17.2 Å². The average molecular weight is 443 g/mol. The Balaban J connectivity index is 2.19. The lowest BCUT2D eigenvalue weighted by Crippen LogP contribution is -2.51. The molecule has 7 nitrogen and oxygen atoms in total. The van der Waals surface area contributed by atoms with Gasteiger partial charge in [-0.1, -0.05) is 26.0 Å². The molecule has 2 atom stereocenters. The summed E-state index contributed by atoms with van der Waals surface area (Å²) in [6, 6.07) is 13.9. The van der Waals surface area contributed by atoms with Crippen molar-refractivity contribution in [3.63, 3.8) is 0 Å². The maximum Gasteiger partial charge on any atom is 0.261 e. The van der Waals surface area contributed by atoms with Gasteiger partial charge in [0, 0.05) is 12.6 Å². The second-order valence-corrected chi connectivity index (χ2v) is 7.58. The summed E-state index contributed by atoms with van der Waals surface area (Å²) >= 11 is 0. The maximum absolute atomic E-state index is 13.2. The Morgan fingerprint density at radius 1 is 0.875 bits per heavy atom. The average Bonchev–Trinajstić information content (AvgIpc) is 2.82. The zero-order valence-electron chi connectivity index (χ0n) is 19.6. The van der Waals surface area contributed by atoms with Crippen LogP contribution in [0.5, 0.6) is 17.2 Å². The molecule has 7 heteroatoms. The fraction of sp³-hybridized carbons (Fsp3) is 0.440. The molecule has 0 aliphatic heterocycles. The molecule has 32 heavy (non-hydrogen) atoms. The highest BCUT2D eigenvalue weighted by Crippen LogP contribution is 2.19. The second-order valence-electron chi connectivity index (χ2n) is 7.58. The van der Waals surface area contributed by atoms with Crippen LogP contribution in [0.4, 0.5) is 0 Å². The van der Waals surface area contributed by atoms with Gasteiger partial charge in [0.1, 0.15) is 23.3 Å². The monoisotopic (exact) mass is 442 g/mol. The summed E-state index contributed by atoms with van der Waals surface area (Å²) < 4.78 is 16.1. The first kappa shape index (κ1) is 25.0. The zero-order valence-corrected chi connectivity index (χ0v) is 19.6. The van der Waals surface area contributed by atoms with E-state index in [0.29, 0.717) is 24.5 Å². The molecule has 0 aromatic heterocycles. The van der Waals surface area contributed by atoms with Crippen molar-refractivity contribution < 1.29 is 23.8 Å². The number of carbonyl (C=O) groups excluding carboxylic acids is 2. The molecular weight excluding hydrogens is 408 g/mol. The highest BCUT2D eigenvalue weighted by Gasteiger charge is 2.29. The van der Waals surface area contributed by atoms with Crippen molar-refractivity contribution in [1.29, 1.82) is 0 Å². The van der Waals surface area contributed by atoms with Crippen molar-refractivity contribution in [3.05, 3.63) is 54.1 Å². The van der Waals surface area contributed by atoms with Gasteiger partial charge in [0.25, 0.3) is 5.91 Å². The minimum absolute atomic E-state index is 0.0324. The Bertz CT molecular complexity index is 852. The van der Waals surface area contributed by atoms with Gasteiger partial charge in [-0.25, -0.2) is 0 Å². The molecule has 0 saturated heterocycles. The first-order valence-corrected chi connectivity index (χ1v) is 10.9. The topological polar surface area (TPSA) is 77.1 Å². The van der Waals surface area contributed by atoms with Crippen LogP contribution in [0, 0.1) is 0 Å². The SMILES string of the molecule is CCC(C)NC(=O)C(CC)N(Cc1ccc(OC)cc1)C(=O)COc1ccc(OC)cc1. The first-order valence-electron chi connectivity index (χ1n) is 10.9. The number of ether oxygens (including phenoxy) is 3. The smallest absolute Gasteiger partial charge is 0.261 e. The van der Waals surface area contributed by atoms with Crippen LogP contribution in [-0.4, -0.2) is 49.6 Å². The lowest BCUT2D eigenvalue weighted by atomic mass is 10.1. The molecule has 0 saturated carbocycles. The summed E-state index contributed by atoms with van der Waals surface area (Å²) in [5, 5.41) is 3.00. The van der Waals surface area contributed by atoms with Crippen LogP contribution in [0.25, 0.3) is 0 Å². The highest BCUT2D eigenvalue weighted by atomic mass is 16.5. The third kappa shape index (κ3) is 7.18. The summed E-state index contributed by atoms with van der Waals surface area (Å²) in [5.74, 6) is 1.57. The van der Waals surface area contributed by atoms with Gasteiger partial charge in [-0.2, -0.15) is 0 Å². The van der Waals surface area contributed by atoms with Crippen LogP contribution in [0.1, 0.15) is 39.2 Å². The molecule has 2 unspecified atom stereocenters. The number of hydrogen-bond donors (Lipinski definition) is 1. The summed E-state index contributed by atoms with van der Waals surface area (Å²) in [6.07, 6.45) is 1.31. The van der Waals surface area contributed by atoms with Crippen molar-refractivity contribution in [2.45, 2.75) is 52.2 Å². The molecular formula is C25H34N2O5. The van der Waals surface area contributed by atoms with Gasteiger partial charge in [-0.05, 0) is 61.7 Å². The van der Waals surface area contributed by atoms with Crippen LogP contribution in [0.3, 0.4) is 0 Å². The van der Waals surface area contributed by atoms with Gasteiger partial charge in [0.05, 0.1) is 14.2 Å². The molecule has 0 aliphatic rings. The Kier molecular flexibility index (Phi) is 9.85. The van der Waals surface area contributed by atoms with Gasteiger partial charge < -0.3 is 24.4 Å². The molecule has 2 rings (SSSR count). The number of carbonyl (C=O) groups is 2. The van der Waals surface area contributed by atoms with E-state index in [1.165, 1.54) is 0 Å².